The Morgan fingerprint density at radius 2 is 2.05 bits per heavy atom. The molecule has 0 atom stereocenters. The quantitative estimate of drug-likeness (QED) is 0.757. The first kappa shape index (κ1) is 13.0. The minimum absolute atomic E-state index is 0.262. The van der Waals surface area contributed by atoms with E-state index in [4.69, 9.17) is 9.63 Å². The average molecular weight is 284 g/mol. The van der Waals surface area contributed by atoms with Gasteiger partial charge in [-0.1, -0.05) is 17.3 Å². The van der Waals surface area contributed by atoms with Crippen LogP contribution < -0.4 is 5.32 Å². The molecule has 2 heterocycles. The molecule has 0 aliphatic heterocycles. The predicted octanol–water partition coefficient (Wildman–Crippen LogP) is 2.24. The van der Waals surface area contributed by atoms with E-state index in [9.17, 15) is 4.79 Å². The molecule has 0 saturated carbocycles. The van der Waals surface area contributed by atoms with Crippen molar-refractivity contribution in [1.29, 1.82) is 0 Å². The van der Waals surface area contributed by atoms with Gasteiger partial charge in [-0.2, -0.15) is 4.98 Å². The number of aromatic carboxylic acids is 1. The fraction of sp³-hybridized carbons (Fsp3) is 0.143. The Kier molecular flexibility index (Phi) is 3.23. The summed E-state index contributed by atoms with van der Waals surface area (Å²) in [6.07, 6.45) is 1.41. The Labute approximate surface area is 119 Å². The highest BCUT2D eigenvalue weighted by molar-refractivity contribution is 5.88. The Bertz CT molecular complexity index is 796. The van der Waals surface area contributed by atoms with Gasteiger partial charge in [0.25, 0.3) is 5.71 Å². The lowest BCUT2D eigenvalue weighted by molar-refractivity contribution is 0.0697. The monoisotopic (exact) mass is 284 g/mol. The minimum atomic E-state index is -0.938. The third-order valence-electron chi connectivity index (χ3n) is 3.10. The van der Waals surface area contributed by atoms with Gasteiger partial charge >= 0.3 is 5.97 Å². The summed E-state index contributed by atoms with van der Waals surface area (Å²) in [6, 6.07) is 6.66. The van der Waals surface area contributed by atoms with Crippen LogP contribution in [0.25, 0.3) is 11.1 Å². The first-order chi connectivity index (χ1) is 10.1. The van der Waals surface area contributed by atoms with Crippen molar-refractivity contribution < 1.29 is 14.4 Å². The van der Waals surface area contributed by atoms with E-state index in [1.807, 2.05) is 6.92 Å². The minimum Gasteiger partial charge on any atom is -0.478 e. The second kappa shape index (κ2) is 5.20. The van der Waals surface area contributed by atoms with Crippen LogP contribution in [-0.2, 0) is 6.54 Å². The van der Waals surface area contributed by atoms with Crippen molar-refractivity contribution >= 4 is 22.9 Å². The molecule has 2 aromatic heterocycles. The van der Waals surface area contributed by atoms with E-state index in [0.717, 1.165) is 10.9 Å². The maximum Gasteiger partial charge on any atom is 0.335 e. The molecule has 0 aliphatic carbocycles. The second-order valence-electron chi connectivity index (χ2n) is 4.53. The van der Waals surface area contributed by atoms with Crippen molar-refractivity contribution in [2.45, 2.75) is 13.5 Å². The Morgan fingerprint density at radius 3 is 2.76 bits per heavy atom. The summed E-state index contributed by atoms with van der Waals surface area (Å²) < 4.78 is 5.08. The van der Waals surface area contributed by atoms with Gasteiger partial charge in [-0.05, 0) is 24.6 Å². The molecular weight excluding hydrogens is 272 g/mol. The number of nitrogens with one attached hydrogen (secondary N) is 1. The fourth-order valence-electron chi connectivity index (χ4n) is 2.01. The molecular formula is C14H12N4O3. The second-order valence-corrected chi connectivity index (χ2v) is 4.53. The maximum absolute atomic E-state index is 10.8. The van der Waals surface area contributed by atoms with Crippen LogP contribution in [0.4, 0.5) is 5.82 Å². The molecule has 0 fully saturated rings. The molecule has 2 N–H and O–H groups in total. The lowest BCUT2D eigenvalue weighted by atomic mass is 10.1. The van der Waals surface area contributed by atoms with Crippen LogP contribution in [0.2, 0.25) is 0 Å². The number of fused-ring (bicyclic) bond motifs is 1. The molecule has 3 aromatic rings. The van der Waals surface area contributed by atoms with Crippen molar-refractivity contribution in [3.63, 3.8) is 0 Å². The van der Waals surface area contributed by atoms with Crippen LogP contribution in [0.15, 0.2) is 35.1 Å². The summed E-state index contributed by atoms with van der Waals surface area (Å²) in [7, 11) is 0. The number of hydrogen-bond donors (Lipinski definition) is 2. The van der Waals surface area contributed by atoms with E-state index in [-0.39, 0.29) is 5.56 Å². The van der Waals surface area contributed by atoms with Gasteiger partial charge in [-0.15, -0.1) is 0 Å². The Hall–Kier alpha value is -2.96. The molecule has 21 heavy (non-hydrogen) atoms. The van der Waals surface area contributed by atoms with Gasteiger partial charge in [0.15, 0.2) is 0 Å². The third kappa shape index (κ3) is 2.53. The van der Waals surface area contributed by atoms with Gasteiger partial charge in [0, 0.05) is 6.54 Å². The van der Waals surface area contributed by atoms with Gasteiger partial charge < -0.3 is 14.9 Å². The number of aromatic nitrogens is 3. The summed E-state index contributed by atoms with van der Waals surface area (Å²) in [5.41, 5.74) is 2.36. The van der Waals surface area contributed by atoms with E-state index in [1.165, 1.54) is 6.33 Å². The van der Waals surface area contributed by atoms with E-state index < -0.39 is 5.97 Å². The molecule has 7 heteroatoms. The first-order valence-corrected chi connectivity index (χ1v) is 6.28. The van der Waals surface area contributed by atoms with Gasteiger partial charge in [-0.3, -0.25) is 0 Å². The van der Waals surface area contributed by atoms with E-state index in [1.54, 1.807) is 24.3 Å². The van der Waals surface area contributed by atoms with Crippen LogP contribution in [0.5, 0.6) is 0 Å². The Balaban J connectivity index is 1.80. The highest BCUT2D eigenvalue weighted by Crippen LogP contribution is 2.22. The lowest BCUT2D eigenvalue weighted by Gasteiger charge is -2.06. The molecule has 0 saturated heterocycles. The molecule has 0 unspecified atom stereocenters. The van der Waals surface area contributed by atoms with Gasteiger partial charge in [0.2, 0.25) is 0 Å². The number of nitrogens with zero attached hydrogens (tertiary/aromatic N) is 3. The molecule has 0 radical (unpaired) electrons. The fourth-order valence-corrected chi connectivity index (χ4v) is 2.01. The predicted molar refractivity (Wildman–Crippen MR) is 75.1 cm³/mol. The molecule has 106 valence electrons. The van der Waals surface area contributed by atoms with Crippen LogP contribution in [0.3, 0.4) is 0 Å². The summed E-state index contributed by atoms with van der Waals surface area (Å²) >= 11 is 0. The van der Waals surface area contributed by atoms with Crippen molar-refractivity contribution in [3.05, 3.63) is 47.4 Å². The van der Waals surface area contributed by atoms with Crippen LogP contribution in [0, 0.1) is 6.92 Å². The van der Waals surface area contributed by atoms with E-state index in [0.29, 0.717) is 23.8 Å². The van der Waals surface area contributed by atoms with Crippen molar-refractivity contribution in [3.8, 4) is 0 Å². The average Bonchev–Trinajstić information content (AvgIpc) is 2.88. The van der Waals surface area contributed by atoms with Crippen LogP contribution in [-0.4, -0.2) is 26.2 Å². The molecule has 0 aliphatic rings. The van der Waals surface area contributed by atoms with Crippen molar-refractivity contribution in [2.24, 2.45) is 0 Å². The number of benzene rings is 1. The highest BCUT2D eigenvalue weighted by atomic mass is 16.5. The third-order valence-corrected chi connectivity index (χ3v) is 3.10. The van der Waals surface area contributed by atoms with Gasteiger partial charge in [0.05, 0.1) is 11.3 Å². The number of hydrogen-bond acceptors (Lipinski definition) is 6. The van der Waals surface area contributed by atoms with Gasteiger partial charge in [0.1, 0.15) is 17.5 Å². The standard InChI is InChI=1S/C14H12N4O3/c1-8-11-12(16-7-17-13(11)21-18-8)15-6-9-2-4-10(5-3-9)14(19)20/h2-5,7H,6H2,1H3,(H,19,20)(H,15,16,17). The van der Waals surface area contributed by atoms with Crippen molar-refractivity contribution in [2.75, 3.05) is 5.32 Å². The SMILES string of the molecule is Cc1noc2ncnc(NCc3ccc(C(=O)O)cc3)c12. The number of aryl methyl sites for hydroxylation is 1. The highest BCUT2D eigenvalue weighted by Gasteiger charge is 2.11. The van der Waals surface area contributed by atoms with Gasteiger partial charge in [-0.25, -0.2) is 9.78 Å². The molecule has 1 aromatic carbocycles. The Morgan fingerprint density at radius 1 is 1.29 bits per heavy atom. The van der Waals surface area contributed by atoms with Crippen molar-refractivity contribution in [1.82, 2.24) is 15.1 Å². The zero-order valence-corrected chi connectivity index (χ0v) is 11.2. The van der Waals surface area contributed by atoms with Crippen LogP contribution >= 0.6 is 0 Å². The molecule has 0 bridgehead atoms. The maximum atomic E-state index is 10.8. The molecule has 3 rings (SSSR count). The largest absolute Gasteiger partial charge is 0.478 e. The number of anilines is 1. The van der Waals surface area contributed by atoms with E-state index in [2.05, 4.69) is 20.4 Å². The number of rotatable bonds is 4. The molecule has 7 nitrogen and oxygen atoms in total. The molecule has 0 amide bonds. The zero-order valence-electron chi connectivity index (χ0n) is 11.2. The smallest absolute Gasteiger partial charge is 0.335 e. The number of carboxylic acids is 1. The topological polar surface area (TPSA) is 101 Å². The number of carboxylic acid groups (broad SMARTS) is 1. The lowest BCUT2D eigenvalue weighted by Crippen LogP contribution is -2.03. The summed E-state index contributed by atoms with van der Waals surface area (Å²) in [5.74, 6) is -0.298. The van der Waals surface area contributed by atoms with E-state index >= 15 is 0 Å². The normalized spacial score (nSPS) is 10.7. The summed E-state index contributed by atoms with van der Waals surface area (Å²) in [6.45, 7) is 2.33. The number of carbonyl (C=O) groups is 1. The molecule has 0 spiro atoms. The summed E-state index contributed by atoms with van der Waals surface area (Å²) in [5, 5.41) is 16.6. The first-order valence-electron chi connectivity index (χ1n) is 6.28. The summed E-state index contributed by atoms with van der Waals surface area (Å²) in [4.78, 5) is 19.0. The van der Waals surface area contributed by atoms with Crippen LogP contribution in [0.1, 0.15) is 21.6 Å². The zero-order chi connectivity index (χ0) is 14.8.